The summed E-state index contributed by atoms with van der Waals surface area (Å²) in [7, 11) is 4.71. The fourth-order valence-electron chi connectivity index (χ4n) is 26.2. The second kappa shape index (κ2) is 7.55. The van der Waals surface area contributed by atoms with Crippen molar-refractivity contribution in [1.29, 1.82) is 0 Å². The van der Waals surface area contributed by atoms with Crippen LogP contribution in [0.4, 0.5) is 5.69 Å². The Labute approximate surface area is 436 Å². The van der Waals surface area contributed by atoms with E-state index in [9.17, 15) is 0 Å². The molecule has 0 aromatic heterocycles. The summed E-state index contributed by atoms with van der Waals surface area (Å²) in [6.45, 7) is 0. The minimum atomic E-state index is -1.26. The van der Waals surface area contributed by atoms with Gasteiger partial charge in [-0.3, -0.25) is 4.99 Å². The van der Waals surface area contributed by atoms with E-state index in [1.54, 1.807) is 28.7 Å². The van der Waals surface area contributed by atoms with Gasteiger partial charge in [0, 0.05) is 0 Å². The molecule has 0 unspecified atom stereocenters. The highest BCUT2D eigenvalue weighted by Gasteiger charge is 2.78. The standard InChI is InChI=1S/C74H13NO5/c1-78-9-6-4-8(5-7-9)75-70-64(71(76)79-2)69(72(77)80-3)73-65-56-48-38-28-20-12-10-11-14-18-16(12)24-32-26(18)36-30-22(14)23-15(11)19-17-13(10)21(20)29-35-25(17)33-27(19)37-31(23)41-40(30)50-44(36)54-46(32)52(42(48)34(24)28)58(65)60(54)67-62(50)63-51(41)45(37)55-47(33)53-43(35)49(39(29)38)57(56)66(73)59(53)61(55)68(63)74(67,70)73/h4-7H,1-3H3. The third kappa shape index (κ3) is 1.79. The minimum absolute atomic E-state index is 0.255. The Hall–Kier alpha value is -10.2. The lowest BCUT2D eigenvalue weighted by Crippen LogP contribution is -2.54. The lowest BCUT2D eigenvalue weighted by molar-refractivity contribution is -0.139. The fraction of sp³-hybridized carbons (Fsp3) is 0.0676. The number of esters is 2. The van der Waals surface area contributed by atoms with Gasteiger partial charge in [-0.25, -0.2) is 9.59 Å². The molecule has 6 nitrogen and oxygen atoms in total. The minimum Gasteiger partial charge on any atom is -0.497 e. The Morgan fingerprint density at radius 1 is 0.287 bits per heavy atom. The highest BCUT2D eigenvalue weighted by Crippen LogP contribution is 2.87. The Morgan fingerprint density at radius 2 is 0.500 bits per heavy atom. The molecule has 344 valence electrons. The number of carbonyl (C=O) groups is 2. The maximum atomic E-state index is 16.5. The highest BCUT2D eigenvalue weighted by molar-refractivity contribution is 6.82. The molecule has 0 saturated heterocycles. The number of rotatable bonds is 4. The van der Waals surface area contributed by atoms with Gasteiger partial charge < -0.3 is 14.2 Å². The van der Waals surface area contributed by atoms with Crippen LogP contribution >= 0.6 is 0 Å². The van der Waals surface area contributed by atoms with Crippen LogP contribution in [-0.2, 0) is 29.9 Å². The molecule has 0 aliphatic heterocycles. The molecule has 0 fully saturated rings. The number of hydrogen-bond donors (Lipinski definition) is 0. The average molecular weight is 996 g/mol. The second-order valence-electron chi connectivity index (χ2n) is 27.1. The first-order valence-corrected chi connectivity index (χ1v) is 28.5. The third-order valence-electron chi connectivity index (χ3n) is 26.6. The van der Waals surface area contributed by atoms with Crippen molar-refractivity contribution in [3.63, 3.8) is 0 Å². The molecule has 0 amide bonds. The molecule has 0 saturated carbocycles. The maximum Gasteiger partial charge on any atom is 0.340 e. The predicted molar refractivity (Wildman–Crippen MR) is 325 cm³/mol. The molecule has 5 aliphatic carbocycles. The Morgan fingerprint density at radius 3 is 0.713 bits per heavy atom. The molecule has 34 rings (SSSR count). The molecular formula is C74H13NO5. The number of aliphatic imine (C=N–C) groups is 1. The van der Waals surface area contributed by atoms with Crippen LogP contribution in [-0.4, -0.2) is 39.0 Å². The van der Waals surface area contributed by atoms with Gasteiger partial charge in [0.2, 0.25) is 0 Å². The third-order valence-corrected chi connectivity index (χ3v) is 26.6. The van der Waals surface area contributed by atoms with Gasteiger partial charge in [0.05, 0.1) is 54.7 Å². The molecule has 0 radical (unpaired) electrons. The molecule has 6 heteroatoms. The van der Waals surface area contributed by atoms with Crippen molar-refractivity contribution in [3.8, 4) is 5.75 Å². The molecule has 0 N–H and O–H groups in total. The van der Waals surface area contributed by atoms with Crippen LogP contribution < -0.4 is 4.74 Å². The van der Waals surface area contributed by atoms with Gasteiger partial charge in [0.15, 0.2) is 0 Å². The molecule has 0 atom stereocenters. The van der Waals surface area contributed by atoms with Crippen molar-refractivity contribution in [2.24, 2.45) is 4.99 Å². The number of hydrogen-bond acceptors (Lipinski definition) is 6. The molecule has 0 bridgehead atoms. The summed E-state index contributed by atoms with van der Waals surface area (Å²) in [6, 6.07) is 7.98. The van der Waals surface area contributed by atoms with Crippen LogP contribution in [0, 0.1) is 0 Å². The van der Waals surface area contributed by atoms with E-state index in [1.807, 2.05) is 24.3 Å². The Balaban J connectivity index is 1.10. The van der Waals surface area contributed by atoms with E-state index in [4.69, 9.17) is 19.2 Å². The van der Waals surface area contributed by atoms with Crippen LogP contribution in [0.25, 0.3) is 291 Å². The van der Waals surface area contributed by atoms with Gasteiger partial charge in [-0.05, 0) is 337 Å². The van der Waals surface area contributed by atoms with E-state index < -0.39 is 22.8 Å². The van der Waals surface area contributed by atoms with Gasteiger partial charge in [0.1, 0.15) is 5.75 Å². The van der Waals surface area contributed by atoms with Crippen molar-refractivity contribution in [1.82, 2.24) is 0 Å². The summed E-state index contributed by atoms with van der Waals surface area (Å²) in [5.41, 5.74) is 4.47. The summed E-state index contributed by atoms with van der Waals surface area (Å²) in [4.78, 5) is 38.6. The molecule has 2 spiro atoms. The summed E-state index contributed by atoms with van der Waals surface area (Å²) in [5, 5.41) is 78.6. The number of ether oxygens (including phenoxy) is 3. The molecule has 5 aliphatic rings. The lowest BCUT2D eigenvalue weighted by atomic mass is 9.47. The van der Waals surface area contributed by atoms with E-state index in [2.05, 4.69) is 0 Å². The second-order valence-corrected chi connectivity index (χ2v) is 27.1. The van der Waals surface area contributed by atoms with Crippen LogP contribution in [0.1, 0.15) is 22.3 Å². The number of methoxy groups -OCH3 is 3. The van der Waals surface area contributed by atoms with Crippen LogP contribution in [0.2, 0.25) is 0 Å². The van der Waals surface area contributed by atoms with E-state index in [1.165, 1.54) is 306 Å². The molecule has 29 aromatic carbocycles. The first-order valence-electron chi connectivity index (χ1n) is 28.5. The normalized spacial score (nSPS) is 21.6. The van der Waals surface area contributed by atoms with Crippen LogP contribution in [0.3, 0.4) is 0 Å². The SMILES string of the molecule is COC(=O)C1=C(C(=O)OC)C23c4c5c6c7c8c9c(c%10c%11c2c2c4c4c%12c5c5c6c6c8c8c%13c9c9c%10c%10c%11c%11c2c2c4c4c%12c%12c5c5c6c8c6c8c%13c9c9c%10c%10c%11c2c2c4c4c%12c5c6c5c8c9c%10c2c45)C73C1=Nc1ccc(OC)cc1. The number of nitrogens with zero attached hydrogens (tertiary/aromatic N) is 1. The molecule has 80 heavy (non-hydrogen) atoms. The van der Waals surface area contributed by atoms with Crippen LogP contribution in [0.5, 0.6) is 5.75 Å². The fourth-order valence-corrected chi connectivity index (χ4v) is 26.2. The highest BCUT2D eigenvalue weighted by atomic mass is 16.5. The number of carbonyl (C=O) groups excluding carboxylic acids is 2. The van der Waals surface area contributed by atoms with E-state index in [0.29, 0.717) is 17.0 Å². The zero-order chi connectivity index (χ0) is 49.2. The van der Waals surface area contributed by atoms with Crippen molar-refractivity contribution in [3.05, 3.63) is 57.7 Å². The first-order chi connectivity index (χ1) is 39.6. The molecule has 0 heterocycles. The largest absolute Gasteiger partial charge is 0.497 e. The zero-order valence-electron chi connectivity index (χ0n) is 41.3. The summed E-state index contributed by atoms with van der Waals surface area (Å²) < 4.78 is 18.3. The van der Waals surface area contributed by atoms with Gasteiger partial charge in [-0.1, -0.05) is 0 Å². The van der Waals surface area contributed by atoms with E-state index >= 15 is 9.59 Å². The average Bonchev–Trinajstić information content (AvgIpc) is 1.43. The van der Waals surface area contributed by atoms with Crippen LogP contribution in [0.15, 0.2) is 40.4 Å². The van der Waals surface area contributed by atoms with Gasteiger partial charge in [0.25, 0.3) is 0 Å². The quantitative estimate of drug-likeness (QED) is 0.130. The van der Waals surface area contributed by atoms with Crippen molar-refractivity contribution < 1.29 is 23.8 Å². The maximum absolute atomic E-state index is 16.5. The Kier molecular flexibility index (Phi) is 3.01. The first kappa shape index (κ1) is 31.9. The zero-order valence-corrected chi connectivity index (χ0v) is 41.3. The van der Waals surface area contributed by atoms with Gasteiger partial charge in [-0.15, -0.1) is 0 Å². The monoisotopic (exact) mass is 995 g/mol. The van der Waals surface area contributed by atoms with Gasteiger partial charge >= 0.3 is 11.9 Å². The summed E-state index contributed by atoms with van der Waals surface area (Å²) >= 11 is 0. The summed E-state index contributed by atoms with van der Waals surface area (Å²) in [5.74, 6) is -0.305. The van der Waals surface area contributed by atoms with Gasteiger partial charge in [-0.2, -0.15) is 0 Å². The Bertz CT molecular complexity index is 7790. The predicted octanol–water partition coefficient (Wildman–Crippen LogP) is 17.7. The molecule has 29 aromatic rings. The van der Waals surface area contributed by atoms with E-state index in [-0.39, 0.29) is 5.57 Å². The van der Waals surface area contributed by atoms with E-state index in [0.717, 1.165) is 5.75 Å². The topological polar surface area (TPSA) is 74.2 Å². The lowest BCUT2D eigenvalue weighted by Gasteiger charge is -2.51. The van der Waals surface area contributed by atoms with Crippen molar-refractivity contribution in [2.45, 2.75) is 10.8 Å². The number of benzene rings is 19. The smallest absolute Gasteiger partial charge is 0.340 e. The summed E-state index contributed by atoms with van der Waals surface area (Å²) in [6.07, 6.45) is 0. The molecular weight excluding hydrogens is 983 g/mol. The van der Waals surface area contributed by atoms with Crippen molar-refractivity contribution >= 4 is 314 Å². The van der Waals surface area contributed by atoms with Crippen molar-refractivity contribution in [2.75, 3.05) is 21.3 Å².